The molecule has 2 atom stereocenters. The van der Waals surface area contributed by atoms with E-state index < -0.39 is 5.97 Å². The highest BCUT2D eigenvalue weighted by Gasteiger charge is 2.32. The summed E-state index contributed by atoms with van der Waals surface area (Å²) >= 11 is 0. The van der Waals surface area contributed by atoms with Gasteiger partial charge < -0.3 is 15.5 Å². The molecule has 0 aliphatic heterocycles. The summed E-state index contributed by atoms with van der Waals surface area (Å²) in [5.74, 6) is 0.188. The van der Waals surface area contributed by atoms with E-state index in [1.165, 1.54) is 17.0 Å². The zero-order valence-corrected chi connectivity index (χ0v) is 12.0. The van der Waals surface area contributed by atoms with Crippen molar-refractivity contribution in [1.82, 2.24) is 5.32 Å². The van der Waals surface area contributed by atoms with Crippen LogP contribution in [0.15, 0.2) is 24.3 Å². The Morgan fingerprint density at radius 3 is 2.43 bits per heavy atom. The molecule has 0 saturated heterocycles. The Hall–Kier alpha value is -2.08. The van der Waals surface area contributed by atoms with E-state index >= 15 is 0 Å². The number of anilines is 1. The minimum Gasteiger partial charge on any atom is -0.478 e. The van der Waals surface area contributed by atoms with Gasteiger partial charge in [0, 0.05) is 12.2 Å². The molecule has 0 radical (unpaired) electrons. The van der Waals surface area contributed by atoms with E-state index in [1.807, 2.05) is 0 Å². The Balaban J connectivity index is 2.02. The molecule has 1 aliphatic carbocycles. The molecule has 1 fully saturated rings. The Labute approximate surface area is 123 Å². The summed E-state index contributed by atoms with van der Waals surface area (Å²) < 4.78 is 0. The molecule has 2 unspecified atom stereocenters. The van der Waals surface area contributed by atoms with E-state index in [2.05, 4.69) is 12.2 Å². The lowest BCUT2D eigenvalue weighted by Gasteiger charge is -2.22. The summed E-state index contributed by atoms with van der Waals surface area (Å²) in [5.41, 5.74) is 0.727. The van der Waals surface area contributed by atoms with Gasteiger partial charge in [-0.2, -0.15) is 0 Å². The van der Waals surface area contributed by atoms with E-state index in [1.54, 1.807) is 12.1 Å². The molecule has 0 bridgehead atoms. The number of aliphatic hydroxyl groups is 1. The lowest BCUT2D eigenvalue weighted by Crippen LogP contribution is -2.42. The van der Waals surface area contributed by atoms with Crippen LogP contribution in [0.3, 0.4) is 0 Å². The zero-order chi connectivity index (χ0) is 15.4. The van der Waals surface area contributed by atoms with Crippen LogP contribution >= 0.6 is 0 Å². The van der Waals surface area contributed by atoms with Crippen LogP contribution < -0.4 is 10.2 Å². The van der Waals surface area contributed by atoms with Gasteiger partial charge in [-0.3, -0.25) is 4.90 Å². The summed E-state index contributed by atoms with van der Waals surface area (Å²) in [5, 5.41) is 20.8. The number of carbonyl (C=O) groups is 2. The van der Waals surface area contributed by atoms with Crippen molar-refractivity contribution in [1.29, 1.82) is 0 Å². The van der Waals surface area contributed by atoms with E-state index in [0.29, 0.717) is 24.1 Å². The maximum Gasteiger partial charge on any atom is 0.335 e. The topological polar surface area (TPSA) is 89.9 Å². The first kappa shape index (κ1) is 15.3. The van der Waals surface area contributed by atoms with Crippen molar-refractivity contribution < 1.29 is 19.8 Å². The molecule has 6 heteroatoms. The third-order valence-corrected chi connectivity index (χ3v) is 3.79. The molecular weight excluding hydrogens is 272 g/mol. The third kappa shape index (κ3) is 3.95. The summed E-state index contributed by atoms with van der Waals surface area (Å²) in [6.45, 7) is 2.79. The number of aromatic carboxylic acids is 1. The van der Waals surface area contributed by atoms with Gasteiger partial charge in [0.25, 0.3) is 0 Å². The number of carboxylic acid groups (broad SMARTS) is 1. The molecule has 1 aliphatic rings. The molecule has 2 rings (SSSR count). The second-order valence-electron chi connectivity index (χ2n) is 5.39. The van der Waals surface area contributed by atoms with E-state index in [-0.39, 0.29) is 24.7 Å². The number of amides is 2. The van der Waals surface area contributed by atoms with Crippen molar-refractivity contribution in [2.75, 3.05) is 24.6 Å². The van der Waals surface area contributed by atoms with Crippen LogP contribution in [0, 0.1) is 11.8 Å². The second kappa shape index (κ2) is 6.58. The predicted octanol–water partition coefficient (Wildman–Crippen LogP) is 1.55. The lowest BCUT2D eigenvalue weighted by molar-refractivity contribution is 0.0697. The minimum absolute atomic E-state index is 0.159. The van der Waals surface area contributed by atoms with Crippen molar-refractivity contribution in [3.63, 3.8) is 0 Å². The van der Waals surface area contributed by atoms with Gasteiger partial charge in [-0.25, -0.2) is 9.59 Å². The first-order valence-electron chi connectivity index (χ1n) is 7.02. The fourth-order valence-corrected chi connectivity index (χ4v) is 2.23. The van der Waals surface area contributed by atoms with Crippen LogP contribution in [-0.4, -0.2) is 41.9 Å². The van der Waals surface area contributed by atoms with Crippen molar-refractivity contribution in [2.24, 2.45) is 11.8 Å². The zero-order valence-electron chi connectivity index (χ0n) is 12.0. The number of rotatable bonds is 6. The predicted molar refractivity (Wildman–Crippen MR) is 78.5 cm³/mol. The molecule has 2 amide bonds. The normalized spacial score (nSPS) is 19.9. The molecule has 114 valence electrons. The van der Waals surface area contributed by atoms with E-state index in [0.717, 1.165) is 6.42 Å². The number of aliphatic hydroxyl groups excluding tert-OH is 1. The highest BCUT2D eigenvalue weighted by atomic mass is 16.4. The number of nitrogens with zero attached hydrogens (tertiary/aromatic N) is 1. The van der Waals surface area contributed by atoms with Crippen molar-refractivity contribution in [2.45, 2.75) is 13.3 Å². The molecule has 6 nitrogen and oxygen atoms in total. The summed E-state index contributed by atoms with van der Waals surface area (Å²) in [4.78, 5) is 24.4. The summed E-state index contributed by atoms with van der Waals surface area (Å²) in [6, 6.07) is 5.75. The molecule has 0 heterocycles. The van der Waals surface area contributed by atoms with Crippen LogP contribution in [-0.2, 0) is 0 Å². The van der Waals surface area contributed by atoms with Crippen molar-refractivity contribution in [3.05, 3.63) is 29.8 Å². The fraction of sp³-hybridized carbons (Fsp3) is 0.467. The van der Waals surface area contributed by atoms with E-state index in [4.69, 9.17) is 10.2 Å². The summed E-state index contributed by atoms with van der Waals surface area (Å²) in [7, 11) is 0. The minimum atomic E-state index is -1.01. The number of hydrogen-bond acceptors (Lipinski definition) is 3. The second-order valence-corrected chi connectivity index (χ2v) is 5.39. The Morgan fingerprint density at radius 2 is 1.95 bits per heavy atom. The molecule has 1 aromatic rings. The maximum absolute atomic E-state index is 12.2. The fourth-order valence-electron chi connectivity index (χ4n) is 2.23. The van der Waals surface area contributed by atoms with Crippen LogP contribution in [0.1, 0.15) is 23.7 Å². The van der Waals surface area contributed by atoms with Gasteiger partial charge in [-0.15, -0.1) is 0 Å². The first-order chi connectivity index (χ1) is 10.0. The highest BCUT2D eigenvalue weighted by Crippen LogP contribution is 2.36. The van der Waals surface area contributed by atoms with Crippen molar-refractivity contribution in [3.8, 4) is 0 Å². The Kier molecular flexibility index (Phi) is 4.80. The van der Waals surface area contributed by atoms with Gasteiger partial charge in [0.2, 0.25) is 0 Å². The first-order valence-corrected chi connectivity index (χ1v) is 7.02. The monoisotopic (exact) mass is 292 g/mol. The highest BCUT2D eigenvalue weighted by molar-refractivity contribution is 5.93. The van der Waals surface area contributed by atoms with Crippen LogP contribution in [0.2, 0.25) is 0 Å². The molecule has 0 aromatic heterocycles. The average molecular weight is 292 g/mol. The smallest absolute Gasteiger partial charge is 0.335 e. The van der Waals surface area contributed by atoms with Gasteiger partial charge in [-0.05, 0) is 42.5 Å². The SMILES string of the molecule is CC1CC1CNC(=O)N(CCO)c1ccc(C(=O)O)cc1. The van der Waals surface area contributed by atoms with E-state index in [9.17, 15) is 9.59 Å². The quantitative estimate of drug-likeness (QED) is 0.742. The number of benzene rings is 1. The Morgan fingerprint density at radius 1 is 1.33 bits per heavy atom. The van der Waals surface area contributed by atoms with Gasteiger partial charge >= 0.3 is 12.0 Å². The van der Waals surface area contributed by atoms with Crippen LogP contribution in [0.25, 0.3) is 0 Å². The number of carbonyl (C=O) groups excluding carboxylic acids is 1. The number of carboxylic acids is 1. The maximum atomic E-state index is 12.2. The van der Waals surface area contributed by atoms with Gasteiger partial charge in [0.15, 0.2) is 0 Å². The number of nitrogens with one attached hydrogen (secondary N) is 1. The van der Waals surface area contributed by atoms with Gasteiger partial charge in [0.05, 0.1) is 18.7 Å². The van der Waals surface area contributed by atoms with Crippen LogP contribution in [0.5, 0.6) is 0 Å². The number of urea groups is 1. The molecule has 21 heavy (non-hydrogen) atoms. The van der Waals surface area contributed by atoms with Crippen molar-refractivity contribution >= 4 is 17.7 Å². The van der Waals surface area contributed by atoms with Gasteiger partial charge in [0.1, 0.15) is 0 Å². The molecule has 1 aromatic carbocycles. The Bertz CT molecular complexity index is 515. The van der Waals surface area contributed by atoms with Gasteiger partial charge in [-0.1, -0.05) is 6.92 Å². The molecule has 0 spiro atoms. The number of hydrogen-bond donors (Lipinski definition) is 3. The molecular formula is C15H20N2O4. The average Bonchev–Trinajstić information content (AvgIpc) is 3.18. The third-order valence-electron chi connectivity index (χ3n) is 3.79. The lowest BCUT2D eigenvalue weighted by atomic mass is 10.2. The molecule has 1 saturated carbocycles. The van der Waals surface area contributed by atoms with Crippen LogP contribution in [0.4, 0.5) is 10.5 Å². The standard InChI is InChI=1S/C15H20N2O4/c1-10-8-12(10)9-16-15(21)17(6-7-18)13-4-2-11(3-5-13)14(19)20/h2-5,10,12,18H,6-9H2,1H3,(H,16,21)(H,19,20). The largest absolute Gasteiger partial charge is 0.478 e. The molecule has 3 N–H and O–H groups in total. The summed E-state index contributed by atoms with van der Waals surface area (Å²) in [6.07, 6.45) is 1.13.